The Balaban J connectivity index is 0.00000256. The molecule has 3 aromatic heterocycles. The molecule has 9 rings (SSSR count). The molecule has 7 aromatic rings. The third-order valence-corrected chi connectivity index (χ3v) is 7.33. The van der Waals surface area contributed by atoms with Crippen molar-refractivity contribution >= 4 is 44.1 Å². The summed E-state index contributed by atoms with van der Waals surface area (Å²) < 4.78 is 0. The zero-order valence-electron chi connectivity index (χ0n) is 21.2. The van der Waals surface area contributed by atoms with Gasteiger partial charge in [-0.15, -0.1) is 0 Å². The molecule has 0 unspecified atom stereocenters. The van der Waals surface area contributed by atoms with Crippen LogP contribution >= 0.6 is 0 Å². The third-order valence-electron chi connectivity index (χ3n) is 7.33. The second kappa shape index (κ2) is 8.89. The Labute approximate surface area is 243 Å². The summed E-state index contributed by atoms with van der Waals surface area (Å²) in [6.07, 6.45) is 0. The Kier molecular flexibility index (Phi) is 5.12. The summed E-state index contributed by atoms with van der Waals surface area (Å²) in [6.45, 7) is 0. The standard InChI is InChI=1S/C32H16N8.Mn/c1-2-10-18-17(9-1)25-33-26(18)38-28-21-13-5-6-14-22(21)30(35-28)40-32-24-16-8-7-15-23(24)31(36-32)39-29-20-12-4-3-11-19(20)27(34-29)37-25;/h1-16H;/q-2;. The summed E-state index contributed by atoms with van der Waals surface area (Å²) in [5, 5.41) is 3.57. The summed E-state index contributed by atoms with van der Waals surface area (Å²) in [5.74, 6) is 2.21. The fraction of sp³-hybridized carbons (Fsp3) is 0. The minimum Gasteiger partial charge on any atom is -0.357 e. The maximum absolute atomic E-state index is 4.95. The maximum Gasteiger partial charge on any atom is 0.0927 e. The topological polar surface area (TPSA) is 106 Å². The smallest absolute Gasteiger partial charge is 0.0927 e. The summed E-state index contributed by atoms with van der Waals surface area (Å²) in [7, 11) is 0. The molecule has 9 heteroatoms. The first-order chi connectivity index (χ1) is 19.8. The van der Waals surface area contributed by atoms with E-state index in [4.69, 9.17) is 39.9 Å². The molecular formula is C32H16MnN8-2. The zero-order valence-corrected chi connectivity index (χ0v) is 22.4. The van der Waals surface area contributed by atoms with E-state index in [9.17, 15) is 0 Å². The van der Waals surface area contributed by atoms with Gasteiger partial charge in [-0.1, -0.05) is 97.1 Å². The normalized spacial score (nSPS) is 11.7. The maximum atomic E-state index is 4.95. The van der Waals surface area contributed by atoms with Crippen molar-refractivity contribution in [1.29, 1.82) is 0 Å². The van der Waals surface area contributed by atoms with Gasteiger partial charge < -0.3 is 29.9 Å². The van der Waals surface area contributed by atoms with E-state index >= 15 is 0 Å². The van der Waals surface area contributed by atoms with Crippen LogP contribution in [-0.2, 0) is 17.1 Å². The third kappa shape index (κ3) is 3.53. The molecule has 0 fully saturated rings. The Hall–Kier alpha value is -5.24. The monoisotopic (exact) mass is 567 g/mol. The molecule has 2 aliphatic heterocycles. The quantitative estimate of drug-likeness (QED) is 0.202. The number of nitrogens with zero attached hydrogens (tertiary/aromatic N) is 8. The summed E-state index contributed by atoms with van der Waals surface area (Å²) in [4.78, 5) is 39.3. The average Bonchev–Trinajstić information content (AvgIpc) is 3.73. The van der Waals surface area contributed by atoms with Crippen molar-refractivity contribution in [1.82, 2.24) is 39.9 Å². The van der Waals surface area contributed by atoms with Gasteiger partial charge in [-0.05, 0) is 21.5 Å². The number of benzene rings is 4. The molecule has 0 spiro atoms. The molecule has 1 radical (unpaired) electrons. The minimum absolute atomic E-state index is 0. The fourth-order valence-corrected chi connectivity index (χ4v) is 5.46. The Morgan fingerprint density at radius 2 is 0.561 bits per heavy atom. The first-order valence-corrected chi connectivity index (χ1v) is 12.9. The summed E-state index contributed by atoms with van der Waals surface area (Å²) in [6, 6.07) is 31.8. The van der Waals surface area contributed by atoms with Gasteiger partial charge in [-0.3, -0.25) is 0 Å². The summed E-state index contributed by atoms with van der Waals surface area (Å²) >= 11 is 0. The molecule has 8 nitrogen and oxygen atoms in total. The van der Waals surface area contributed by atoms with Crippen LogP contribution in [-0.4, -0.2) is 29.9 Å². The van der Waals surface area contributed by atoms with E-state index in [1.54, 1.807) is 0 Å². The van der Waals surface area contributed by atoms with Crippen molar-refractivity contribution in [3.63, 3.8) is 0 Å². The van der Waals surface area contributed by atoms with Crippen molar-refractivity contribution in [2.45, 2.75) is 0 Å². The minimum atomic E-state index is 0. The second-order valence-corrected chi connectivity index (χ2v) is 9.67. The van der Waals surface area contributed by atoms with Crippen molar-refractivity contribution in [3.05, 3.63) is 97.1 Å². The van der Waals surface area contributed by atoms with Gasteiger partial charge in [0.15, 0.2) is 0 Å². The van der Waals surface area contributed by atoms with Crippen LogP contribution in [0.4, 0.5) is 0 Å². The van der Waals surface area contributed by atoms with Crippen LogP contribution in [0.5, 0.6) is 0 Å². The number of hydrogen-bond donors (Lipinski definition) is 0. The van der Waals surface area contributed by atoms with Gasteiger partial charge in [0, 0.05) is 61.9 Å². The molecule has 4 aromatic carbocycles. The molecule has 2 aliphatic rings. The van der Waals surface area contributed by atoms with E-state index in [-0.39, 0.29) is 17.1 Å². The Morgan fingerprint density at radius 3 is 0.829 bits per heavy atom. The number of aromatic nitrogens is 8. The van der Waals surface area contributed by atoms with Crippen LogP contribution in [0.2, 0.25) is 0 Å². The van der Waals surface area contributed by atoms with Gasteiger partial charge in [0.2, 0.25) is 0 Å². The van der Waals surface area contributed by atoms with Gasteiger partial charge in [0.05, 0.1) is 23.3 Å². The first kappa shape index (κ1) is 23.6. The average molecular weight is 567 g/mol. The molecule has 193 valence electrons. The number of hydrogen-bond acceptors (Lipinski definition) is 6. The first-order valence-electron chi connectivity index (χ1n) is 12.9. The van der Waals surface area contributed by atoms with Crippen molar-refractivity contribution in [2.24, 2.45) is 0 Å². The van der Waals surface area contributed by atoms with Crippen molar-refractivity contribution in [3.8, 4) is 45.6 Å². The van der Waals surface area contributed by atoms with Crippen LogP contribution in [0.3, 0.4) is 0 Å². The molecule has 0 amide bonds. The van der Waals surface area contributed by atoms with Gasteiger partial charge >= 0.3 is 0 Å². The number of fused-ring (bicyclic) bond motifs is 20. The zero-order chi connectivity index (χ0) is 26.2. The molecule has 0 N–H and O–H groups in total. The van der Waals surface area contributed by atoms with E-state index in [0.717, 1.165) is 43.8 Å². The van der Waals surface area contributed by atoms with Gasteiger partial charge in [-0.25, -0.2) is 9.97 Å². The van der Waals surface area contributed by atoms with Crippen molar-refractivity contribution < 1.29 is 17.1 Å². The van der Waals surface area contributed by atoms with Crippen molar-refractivity contribution in [2.75, 3.05) is 0 Å². The van der Waals surface area contributed by atoms with E-state index < -0.39 is 0 Å². The molecule has 0 saturated carbocycles. The van der Waals surface area contributed by atoms with Crippen LogP contribution < -0.4 is 9.97 Å². The fourth-order valence-electron chi connectivity index (χ4n) is 5.46. The Bertz CT molecular complexity index is 2030. The summed E-state index contributed by atoms with van der Waals surface area (Å²) in [5.41, 5.74) is 5.78. The second-order valence-electron chi connectivity index (χ2n) is 9.67. The van der Waals surface area contributed by atoms with Crippen LogP contribution in [0.15, 0.2) is 97.1 Å². The van der Waals surface area contributed by atoms with Crippen LogP contribution in [0.25, 0.3) is 89.7 Å². The largest absolute Gasteiger partial charge is 0.357 e. The van der Waals surface area contributed by atoms with E-state index in [2.05, 4.69) is 0 Å². The predicted molar refractivity (Wildman–Crippen MR) is 154 cm³/mol. The van der Waals surface area contributed by atoms with Crippen LogP contribution in [0.1, 0.15) is 0 Å². The molecule has 8 bridgehead atoms. The molecule has 5 heterocycles. The molecular weight excluding hydrogens is 551 g/mol. The molecule has 0 atom stereocenters. The molecule has 41 heavy (non-hydrogen) atoms. The van der Waals surface area contributed by atoms with E-state index in [1.165, 1.54) is 0 Å². The van der Waals surface area contributed by atoms with Gasteiger partial charge in [0.25, 0.3) is 0 Å². The van der Waals surface area contributed by atoms with Gasteiger partial charge in [-0.2, -0.15) is 0 Å². The SMILES string of the molecule is [Mn].c1ccc2c(c1)-c1nc-2nc2[n-]c(nc3nc(nc4[n-]c(n1)c1ccccc41)-c1ccccc1-3)c1ccccc21. The van der Waals surface area contributed by atoms with Gasteiger partial charge in [0.1, 0.15) is 0 Å². The molecule has 0 saturated heterocycles. The number of rotatable bonds is 0. The van der Waals surface area contributed by atoms with Crippen LogP contribution in [0, 0.1) is 0 Å². The molecule has 0 aliphatic carbocycles. The van der Waals surface area contributed by atoms with E-state index in [0.29, 0.717) is 45.9 Å². The Morgan fingerprint density at radius 1 is 0.317 bits per heavy atom. The predicted octanol–water partition coefficient (Wildman–Crippen LogP) is 6.12. The van der Waals surface area contributed by atoms with E-state index in [1.807, 2.05) is 97.1 Å².